The minimum Gasteiger partial charge on any atom is -0.481 e. The first-order valence-corrected chi connectivity index (χ1v) is 7.64. The third-order valence-electron chi connectivity index (χ3n) is 3.63. The number of aliphatic carboxylic acids is 1. The van der Waals surface area contributed by atoms with Gasteiger partial charge < -0.3 is 10.4 Å². The lowest BCUT2D eigenvalue weighted by molar-refractivity contribution is -0.138. The van der Waals surface area contributed by atoms with Crippen molar-refractivity contribution >= 4 is 34.4 Å². The number of anilines is 1. The molecule has 0 bridgehead atoms. The van der Waals surface area contributed by atoms with Crippen LogP contribution in [0.25, 0.3) is 10.9 Å². The molecule has 25 heavy (non-hydrogen) atoms. The molecule has 0 saturated heterocycles. The van der Waals surface area contributed by atoms with Crippen LogP contribution in [0.1, 0.15) is 23.2 Å². The number of fused-ring (bicyclic) bond motifs is 1. The van der Waals surface area contributed by atoms with Gasteiger partial charge in [-0.3, -0.25) is 14.4 Å². The molecule has 2 N–H and O–H groups in total. The maximum absolute atomic E-state index is 12.5. The van der Waals surface area contributed by atoms with Gasteiger partial charge >= 0.3 is 5.97 Å². The summed E-state index contributed by atoms with van der Waals surface area (Å²) in [6.45, 7) is 0. The van der Waals surface area contributed by atoms with E-state index in [9.17, 15) is 14.4 Å². The van der Waals surface area contributed by atoms with E-state index in [-0.39, 0.29) is 24.7 Å². The van der Waals surface area contributed by atoms with Crippen molar-refractivity contribution in [2.45, 2.75) is 12.8 Å². The lowest BCUT2D eigenvalue weighted by atomic mass is 10.2. The van der Waals surface area contributed by atoms with E-state index in [4.69, 9.17) is 5.11 Å². The zero-order chi connectivity index (χ0) is 17.8. The lowest BCUT2D eigenvalue weighted by Crippen LogP contribution is -2.14. The second kappa shape index (κ2) is 6.96. The summed E-state index contributed by atoms with van der Waals surface area (Å²) in [5, 5.41) is 16.1. The number of hydrogen-bond acceptors (Lipinski definition) is 4. The zero-order valence-corrected chi connectivity index (χ0v) is 13.2. The maximum atomic E-state index is 12.5. The Labute approximate surface area is 142 Å². The average molecular weight is 337 g/mol. The predicted octanol–water partition coefficient (Wildman–Crippen LogP) is 2.53. The van der Waals surface area contributed by atoms with Gasteiger partial charge in [-0.05, 0) is 30.3 Å². The van der Waals surface area contributed by atoms with Gasteiger partial charge in [-0.25, -0.2) is 0 Å². The second-order valence-electron chi connectivity index (χ2n) is 5.44. The molecule has 0 saturated carbocycles. The minimum absolute atomic E-state index is 0.0981. The largest absolute Gasteiger partial charge is 0.481 e. The fourth-order valence-corrected chi connectivity index (χ4v) is 2.42. The summed E-state index contributed by atoms with van der Waals surface area (Å²) >= 11 is 0. The number of amides is 1. The molecule has 3 aromatic rings. The number of carbonyl (C=O) groups excluding carboxylic acids is 2. The molecule has 2 aromatic carbocycles. The SMILES string of the molecule is O=C(O)CCC(=O)Nc1ccc2c(cnn2C(=O)c2ccccc2)c1. The van der Waals surface area contributed by atoms with Crippen LogP contribution in [0.4, 0.5) is 5.69 Å². The topological polar surface area (TPSA) is 101 Å². The van der Waals surface area contributed by atoms with Gasteiger partial charge in [0.2, 0.25) is 5.91 Å². The van der Waals surface area contributed by atoms with Crippen molar-refractivity contribution < 1.29 is 19.5 Å². The second-order valence-corrected chi connectivity index (χ2v) is 5.44. The first kappa shape index (κ1) is 16.4. The van der Waals surface area contributed by atoms with Crippen LogP contribution in [-0.2, 0) is 9.59 Å². The molecule has 0 unspecified atom stereocenters. The molecule has 0 spiro atoms. The number of carboxylic acids is 1. The van der Waals surface area contributed by atoms with Gasteiger partial charge in [0.05, 0.1) is 18.1 Å². The van der Waals surface area contributed by atoms with Crippen molar-refractivity contribution in [3.05, 3.63) is 60.3 Å². The summed E-state index contributed by atoms with van der Waals surface area (Å²) in [5.41, 5.74) is 1.67. The predicted molar refractivity (Wildman–Crippen MR) is 91.4 cm³/mol. The number of aromatic nitrogens is 2. The van der Waals surface area contributed by atoms with Crippen LogP contribution in [0, 0.1) is 0 Å². The third kappa shape index (κ3) is 3.72. The molecule has 0 atom stereocenters. The Hall–Kier alpha value is -3.48. The summed E-state index contributed by atoms with van der Waals surface area (Å²) in [4.78, 5) is 34.7. The molecule has 1 aromatic heterocycles. The van der Waals surface area contributed by atoms with Gasteiger partial charge in [0.15, 0.2) is 0 Å². The molecule has 7 nitrogen and oxygen atoms in total. The summed E-state index contributed by atoms with van der Waals surface area (Å²) in [6, 6.07) is 13.9. The van der Waals surface area contributed by atoms with Crippen LogP contribution in [0.5, 0.6) is 0 Å². The Kier molecular flexibility index (Phi) is 4.56. The number of nitrogens with one attached hydrogen (secondary N) is 1. The summed E-state index contributed by atoms with van der Waals surface area (Å²) in [6.07, 6.45) is 1.22. The zero-order valence-electron chi connectivity index (χ0n) is 13.2. The minimum atomic E-state index is -1.02. The van der Waals surface area contributed by atoms with E-state index in [0.717, 1.165) is 0 Å². The van der Waals surface area contributed by atoms with Crippen molar-refractivity contribution in [2.24, 2.45) is 0 Å². The Morgan fingerprint density at radius 1 is 1.04 bits per heavy atom. The number of carbonyl (C=O) groups is 3. The van der Waals surface area contributed by atoms with Crippen LogP contribution in [-0.4, -0.2) is 32.7 Å². The molecule has 0 aliphatic heterocycles. The van der Waals surface area contributed by atoms with E-state index < -0.39 is 5.97 Å². The van der Waals surface area contributed by atoms with Gasteiger partial charge in [0, 0.05) is 23.1 Å². The summed E-state index contributed by atoms with van der Waals surface area (Å²) in [5.74, 6) is -1.64. The van der Waals surface area contributed by atoms with Crippen molar-refractivity contribution in [3.8, 4) is 0 Å². The Morgan fingerprint density at radius 2 is 1.80 bits per heavy atom. The van der Waals surface area contributed by atoms with Crippen molar-refractivity contribution in [2.75, 3.05) is 5.32 Å². The Bertz CT molecular complexity index is 947. The van der Waals surface area contributed by atoms with E-state index >= 15 is 0 Å². The van der Waals surface area contributed by atoms with Crippen LogP contribution in [0.2, 0.25) is 0 Å². The highest BCUT2D eigenvalue weighted by molar-refractivity contribution is 6.02. The smallest absolute Gasteiger partial charge is 0.303 e. The van der Waals surface area contributed by atoms with Gasteiger partial charge in [-0.15, -0.1) is 0 Å². The highest BCUT2D eigenvalue weighted by atomic mass is 16.4. The number of benzene rings is 2. The van der Waals surface area contributed by atoms with E-state index in [1.54, 1.807) is 48.7 Å². The van der Waals surface area contributed by atoms with E-state index in [2.05, 4.69) is 10.4 Å². The van der Waals surface area contributed by atoms with Crippen molar-refractivity contribution in [1.82, 2.24) is 9.78 Å². The highest BCUT2D eigenvalue weighted by Crippen LogP contribution is 2.20. The molecule has 7 heteroatoms. The molecule has 3 rings (SSSR count). The summed E-state index contributed by atoms with van der Waals surface area (Å²) in [7, 11) is 0. The average Bonchev–Trinajstić information content (AvgIpc) is 3.03. The first-order chi connectivity index (χ1) is 12.0. The molecule has 126 valence electrons. The highest BCUT2D eigenvalue weighted by Gasteiger charge is 2.13. The molecular weight excluding hydrogens is 322 g/mol. The van der Waals surface area contributed by atoms with Gasteiger partial charge in [-0.2, -0.15) is 9.78 Å². The monoisotopic (exact) mass is 337 g/mol. The van der Waals surface area contributed by atoms with Gasteiger partial charge in [0.1, 0.15) is 0 Å². The molecule has 0 aliphatic carbocycles. The van der Waals surface area contributed by atoms with E-state index in [1.165, 1.54) is 4.68 Å². The van der Waals surface area contributed by atoms with E-state index in [0.29, 0.717) is 22.2 Å². The number of rotatable bonds is 5. The molecular formula is C18H15N3O4. The maximum Gasteiger partial charge on any atom is 0.303 e. The Morgan fingerprint density at radius 3 is 2.52 bits per heavy atom. The fourth-order valence-electron chi connectivity index (χ4n) is 2.42. The third-order valence-corrected chi connectivity index (χ3v) is 3.63. The standard InChI is InChI=1S/C18H15N3O4/c22-16(8-9-17(23)24)20-14-6-7-15-13(10-14)11-19-21(15)18(25)12-4-2-1-3-5-12/h1-7,10-11H,8-9H2,(H,20,22)(H,23,24). The lowest BCUT2D eigenvalue weighted by Gasteiger charge is -2.05. The fraction of sp³-hybridized carbons (Fsp3) is 0.111. The van der Waals surface area contributed by atoms with E-state index in [1.807, 2.05) is 6.07 Å². The number of carboxylic acid groups (broad SMARTS) is 1. The van der Waals surface area contributed by atoms with Crippen LogP contribution >= 0.6 is 0 Å². The molecule has 1 heterocycles. The quantitative estimate of drug-likeness (QED) is 0.745. The summed E-state index contributed by atoms with van der Waals surface area (Å²) < 4.78 is 1.31. The van der Waals surface area contributed by atoms with Crippen LogP contribution in [0.3, 0.4) is 0 Å². The van der Waals surface area contributed by atoms with Crippen LogP contribution < -0.4 is 5.32 Å². The van der Waals surface area contributed by atoms with Crippen molar-refractivity contribution in [3.63, 3.8) is 0 Å². The number of nitrogens with zero attached hydrogens (tertiary/aromatic N) is 2. The molecule has 0 fully saturated rings. The van der Waals surface area contributed by atoms with Crippen molar-refractivity contribution in [1.29, 1.82) is 0 Å². The number of hydrogen-bond donors (Lipinski definition) is 2. The molecule has 1 amide bonds. The van der Waals surface area contributed by atoms with Gasteiger partial charge in [0.25, 0.3) is 5.91 Å². The first-order valence-electron chi connectivity index (χ1n) is 7.64. The van der Waals surface area contributed by atoms with Crippen LogP contribution in [0.15, 0.2) is 54.7 Å². The molecule has 0 radical (unpaired) electrons. The Balaban J connectivity index is 1.80. The normalized spacial score (nSPS) is 10.6. The molecule has 0 aliphatic rings. The van der Waals surface area contributed by atoms with Gasteiger partial charge in [-0.1, -0.05) is 18.2 Å².